The third-order valence-electron chi connectivity index (χ3n) is 9.46. The third kappa shape index (κ3) is 19.8. The van der Waals surface area contributed by atoms with Crippen LogP contribution in [0.15, 0.2) is 0 Å². The number of hydrogen-bond acceptors (Lipinski definition) is 10. The van der Waals surface area contributed by atoms with Crippen LogP contribution in [0.5, 0.6) is 0 Å². The molecule has 8 atom stereocenters. The summed E-state index contributed by atoms with van der Waals surface area (Å²) in [6.45, 7) is 16.7. The van der Waals surface area contributed by atoms with E-state index in [-0.39, 0.29) is 55.9 Å². The molecule has 0 aromatic heterocycles. The van der Waals surface area contributed by atoms with Gasteiger partial charge in [-0.1, -0.05) is 82.1 Å². The van der Waals surface area contributed by atoms with Crippen molar-refractivity contribution in [3.8, 4) is 0 Å². The van der Waals surface area contributed by atoms with Gasteiger partial charge in [-0.25, -0.2) is 4.79 Å². The Balaban J connectivity index is 6.10. The zero-order chi connectivity index (χ0) is 44.2. The summed E-state index contributed by atoms with van der Waals surface area (Å²) in [5.41, 5.74) is 10.8. The number of carbonyl (C=O) groups is 9. The molecule has 12 N–H and O–H groups in total. The van der Waals surface area contributed by atoms with Crippen molar-refractivity contribution in [3.05, 3.63) is 0 Å². The van der Waals surface area contributed by atoms with Crippen LogP contribution >= 0.6 is 0 Å². The van der Waals surface area contributed by atoms with Crippen molar-refractivity contribution in [2.24, 2.45) is 41.1 Å². The molecule has 0 aliphatic rings. The zero-order valence-electron chi connectivity index (χ0n) is 35.3. The molecule has 0 saturated carbocycles. The van der Waals surface area contributed by atoms with E-state index < -0.39 is 102 Å². The molecule has 326 valence electrons. The highest BCUT2D eigenvalue weighted by molar-refractivity contribution is 5.97. The molecule has 0 spiro atoms. The molecule has 0 saturated heterocycles. The molecule has 0 unspecified atom stereocenters. The maximum absolute atomic E-state index is 13.7. The summed E-state index contributed by atoms with van der Waals surface area (Å²) >= 11 is 0. The molecular weight excluding hydrogens is 742 g/mol. The minimum absolute atomic E-state index is 0.104. The van der Waals surface area contributed by atoms with Crippen molar-refractivity contribution in [1.82, 2.24) is 37.2 Å². The second-order valence-electron chi connectivity index (χ2n) is 15.8. The van der Waals surface area contributed by atoms with E-state index in [2.05, 4.69) is 37.2 Å². The standard InChI is InChI=1S/C38H69N9O10/c1-11-22(9)31(45-28(49)17-39)37(55)44-26(16-20(5)6)35(53)42-24(13-14-27(40)48)34(52)43-25(15-19(3)4)33(51)41-18-29(50)46-30(21(7)8)36(54)47-32(38(56)57)23(10)12-2/h19-26,30-32H,11-18,39H2,1-10H3,(H2,40,48)(H,41,51)(H,42,53)(H,43,52)(H,44,55)(H,45,49)(H,46,50)(H,47,54)(H,56,57)/t22-,23-,24-,25-,26-,30-,31-,32-/m0/s1. The van der Waals surface area contributed by atoms with E-state index in [9.17, 15) is 48.3 Å². The Morgan fingerprint density at radius 2 is 0.982 bits per heavy atom. The Labute approximate surface area is 336 Å². The zero-order valence-corrected chi connectivity index (χ0v) is 35.3. The van der Waals surface area contributed by atoms with Gasteiger partial charge >= 0.3 is 5.97 Å². The van der Waals surface area contributed by atoms with Crippen LogP contribution in [0.2, 0.25) is 0 Å². The fourth-order valence-corrected chi connectivity index (χ4v) is 5.68. The second-order valence-corrected chi connectivity index (χ2v) is 15.8. The lowest BCUT2D eigenvalue weighted by atomic mass is 9.96. The topological polar surface area (TPSA) is 310 Å². The SMILES string of the molecule is CC[C@H](C)[C@H](NC(=O)[C@@H](NC(=O)CNC(=O)[C@H](CC(C)C)NC(=O)[C@H](CCC(N)=O)NC(=O)[C@H](CC(C)C)NC(=O)[C@@H](NC(=O)CN)[C@@H](C)CC)C(C)C)C(=O)O. The van der Waals surface area contributed by atoms with Crippen LogP contribution in [-0.4, -0.2) is 108 Å². The van der Waals surface area contributed by atoms with Gasteiger partial charge in [-0.15, -0.1) is 0 Å². The van der Waals surface area contributed by atoms with Gasteiger partial charge < -0.3 is 53.8 Å². The Kier molecular flexibility index (Phi) is 24.0. The molecule has 0 aliphatic carbocycles. The summed E-state index contributed by atoms with van der Waals surface area (Å²) in [6.07, 6.45) is 0.722. The van der Waals surface area contributed by atoms with Crippen LogP contribution in [0.3, 0.4) is 0 Å². The van der Waals surface area contributed by atoms with Gasteiger partial charge in [0.25, 0.3) is 0 Å². The quantitative estimate of drug-likeness (QED) is 0.0488. The van der Waals surface area contributed by atoms with E-state index in [0.29, 0.717) is 12.8 Å². The van der Waals surface area contributed by atoms with Crippen molar-refractivity contribution in [1.29, 1.82) is 0 Å². The Morgan fingerprint density at radius 3 is 1.44 bits per heavy atom. The van der Waals surface area contributed by atoms with Crippen LogP contribution in [0.1, 0.15) is 108 Å². The lowest BCUT2D eigenvalue weighted by molar-refractivity contribution is -0.144. The Morgan fingerprint density at radius 1 is 0.544 bits per heavy atom. The maximum atomic E-state index is 13.7. The second kappa shape index (κ2) is 26.2. The van der Waals surface area contributed by atoms with Gasteiger partial charge in [-0.3, -0.25) is 38.4 Å². The van der Waals surface area contributed by atoms with Crippen LogP contribution in [0.25, 0.3) is 0 Å². The molecular formula is C38H69N9O10. The molecule has 8 amide bonds. The number of rotatable bonds is 27. The number of carboxylic acid groups (broad SMARTS) is 1. The molecule has 0 aromatic carbocycles. The number of hydrogen-bond donors (Lipinski definition) is 10. The lowest BCUT2D eigenvalue weighted by Gasteiger charge is -2.29. The first-order chi connectivity index (χ1) is 26.5. The van der Waals surface area contributed by atoms with Gasteiger partial charge in [0.1, 0.15) is 36.3 Å². The lowest BCUT2D eigenvalue weighted by Crippen LogP contribution is -2.59. The maximum Gasteiger partial charge on any atom is 0.326 e. The average Bonchev–Trinajstić information content (AvgIpc) is 3.13. The van der Waals surface area contributed by atoms with Crippen LogP contribution in [0.4, 0.5) is 0 Å². The first kappa shape index (κ1) is 52.2. The molecule has 0 fully saturated rings. The number of carboxylic acids is 1. The van der Waals surface area contributed by atoms with E-state index in [1.807, 2.05) is 20.8 Å². The minimum atomic E-state index is -1.38. The van der Waals surface area contributed by atoms with Gasteiger partial charge in [-0.2, -0.15) is 0 Å². The molecule has 57 heavy (non-hydrogen) atoms. The van der Waals surface area contributed by atoms with Crippen molar-refractivity contribution >= 4 is 53.2 Å². The summed E-state index contributed by atoms with van der Waals surface area (Å²) in [6, 6.07) is -7.02. The van der Waals surface area contributed by atoms with Crippen molar-refractivity contribution in [2.45, 2.75) is 144 Å². The van der Waals surface area contributed by atoms with Gasteiger partial charge in [-0.05, 0) is 48.9 Å². The number of carbonyl (C=O) groups excluding carboxylic acids is 8. The monoisotopic (exact) mass is 812 g/mol. The summed E-state index contributed by atoms with van der Waals surface area (Å²) in [5.74, 6) is -8.30. The van der Waals surface area contributed by atoms with Gasteiger partial charge in [0.2, 0.25) is 47.3 Å². The van der Waals surface area contributed by atoms with Gasteiger partial charge in [0.15, 0.2) is 0 Å². The molecule has 0 aromatic rings. The van der Waals surface area contributed by atoms with E-state index in [1.54, 1.807) is 48.5 Å². The highest BCUT2D eigenvalue weighted by Gasteiger charge is 2.34. The summed E-state index contributed by atoms with van der Waals surface area (Å²) in [7, 11) is 0. The molecule has 19 heteroatoms. The number of amides is 8. The smallest absolute Gasteiger partial charge is 0.326 e. The number of aliphatic carboxylic acids is 1. The molecule has 19 nitrogen and oxygen atoms in total. The Hall–Kier alpha value is -4.81. The Bertz CT molecular complexity index is 1390. The molecule has 0 aliphatic heterocycles. The van der Waals surface area contributed by atoms with Crippen molar-refractivity contribution < 1.29 is 48.3 Å². The predicted octanol–water partition coefficient (Wildman–Crippen LogP) is -0.839. The van der Waals surface area contributed by atoms with E-state index in [0.717, 1.165) is 0 Å². The molecule has 0 heterocycles. The molecule has 0 bridgehead atoms. The van der Waals surface area contributed by atoms with Crippen molar-refractivity contribution in [3.63, 3.8) is 0 Å². The highest BCUT2D eigenvalue weighted by Crippen LogP contribution is 2.13. The first-order valence-electron chi connectivity index (χ1n) is 19.8. The van der Waals surface area contributed by atoms with E-state index in [4.69, 9.17) is 11.5 Å². The van der Waals surface area contributed by atoms with Crippen LogP contribution in [0, 0.1) is 29.6 Å². The number of primary amides is 1. The normalized spacial score (nSPS) is 15.5. The summed E-state index contributed by atoms with van der Waals surface area (Å²) in [5, 5.41) is 27.5. The predicted molar refractivity (Wildman–Crippen MR) is 212 cm³/mol. The largest absolute Gasteiger partial charge is 0.480 e. The number of nitrogens with two attached hydrogens (primary N) is 2. The van der Waals surface area contributed by atoms with Gasteiger partial charge in [0, 0.05) is 6.42 Å². The van der Waals surface area contributed by atoms with Crippen LogP contribution in [-0.2, 0) is 43.2 Å². The summed E-state index contributed by atoms with van der Waals surface area (Å²) in [4.78, 5) is 116. The average molecular weight is 812 g/mol. The van der Waals surface area contributed by atoms with Crippen LogP contribution < -0.4 is 48.7 Å². The number of nitrogens with one attached hydrogen (secondary N) is 7. The van der Waals surface area contributed by atoms with E-state index in [1.165, 1.54) is 0 Å². The third-order valence-corrected chi connectivity index (χ3v) is 9.46. The minimum Gasteiger partial charge on any atom is -0.480 e. The summed E-state index contributed by atoms with van der Waals surface area (Å²) < 4.78 is 0. The first-order valence-corrected chi connectivity index (χ1v) is 19.8. The van der Waals surface area contributed by atoms with Gasteiger partial charge in [0.05, 0.1) is 13.1 Å². The molecule has 0 rings (SSSR count). The fourth-order valence-electron chi connectivity index (χ4n) is 5.68. The fraction of sp³-hybridized carbons (Fsp3) is 0.763. The van der Waals surface area contributed by atoms with E-state index >= 15 is 0 Å². The van der Waals surface area contributed by atoms with Crippen molar-refractivity contribution in [2.75, 3.05) is 13.1 Å². The molecule has 0 radical (unpaired) electrons. The highest BCUT2D eigenvalue weighted by atomic mass is 16.4.